The van der Waals surface area contributed by atoms with Gasteiger partial charge >= 0.3 is 0 Å². The van der Waals surface area contributed by atoms with Gasteiger partial charge in [0.1, 0.15) is 15.6 Å². The molecule has 0 radical (unpaired) electrons. The first kappa shape index (κ1) is 15.7. The number of Topliss-reactive ketones (excluding diaryl/α,β-unsaturated/α-hetero) is 1. The third-order valence-electron chi connectivity index (χ3n) is 2.17. The standard InChI is InChI=1S/C12H15BrO3S2/c1-18(15,16)7-3-5-11(14)9-17-12-6-2-4-10(13)8-12/h2,4,6,8H,3,5,7,9H2,1H3. The van der Waals surface area contributed by atoms with E-state index in [1.807, 2.05) is 24.3 Å². The third-order valence-corrected chi connectivity index (χ3v) is 4.74. The summed E-state index contributed by atoms with van der Waals surface area (Å²) in [7, 11) is -2.96. The van der Waals surface area contributed by atoms with E-state index < -0.39 is 9.84 Å². The number of carbonyl (C=O) groups excluding carboxylic acids is 1. The predicted octanol–water partition coefficient (Wildman–Crippen LogP) is 2.94. The van der Waals surface area contributed by atoms with Crippen LogP contribution in [-0.2, 0) is 14.6 Å². The monoisotopic (exact) mass is 350 g/mol. The van der Waals surface area contributed by atoms with E-state index in [9.17, 15) is 13.2 Å². The maximum atomic E-state index is 11.6. The maximum absolute atomic E-state index is 11.6. The minimum Gasteiger partial charge on any atom is -0.299 e. The molecular weight excluding hydrogens is 336 g/mol. The molecule has 0 saturated heterocycles. The van der Waals surface area contributed by atoms with Crippen molar-refractivity contribution in [1.29, 1.82) is 0 Å². The fourth-order valence-corrected chi connectivity index (χ4v) is 3.40. The zero-order valence-corrected chi connectivity index (χ0v) is 13.3. The Morgan fingerprint density at radius 1 is 1.39 bits per heavy atom. The molecule has 0 aliphatic heterocycles. The second-order valence-corrected chi connectivity index (χ2v) is 8.24. The lowest BCUT2D eigenvalue weighted by molar-refractivity contribution is -0.116. The molecular formula is C12H15BrO3S2. The van der Waals surface area contributed by atoms with Crippen LogP contribution in [0.25, 0.3) is 0 Å². The van der Waals surface area contributed by atoms with Crippen molar-refractivity contribution in [2.75, 3.05) is 17.8 Å². The lowest BCUT2D eigenvalue weighted by Gasteiger charge is -2.02. The van der Waals surface area contributed by atoms with Gasteiger partial charge in [0, 0.05) is 22.0 Å². The van der Waals surface area contributed by atoms with Gasteiger partial charge in [-0.2, -0.15) is 0 Å². The number of thioether (sulfide) groups is 1. The van der Waals surface area contributed by atoms with Gasteiger partial charge in [-0.15, -0.1) is 11.8 Å². The van der Waals surface area contributed by atoms with Crippen LogP contribution in [0.4, 0.5) is 0 Å². The van der Waals surface area contributed by atoms with Gasteiger partial charge in [-0.3, -0.25) is 4.79 Å². The Morgan fingerprint density at radius 3 is 2.72 bits per heavy atom. The fourth-order valence-electron chi connectivity index (χ4n) is 1.32. The van der Waals surface area contributed by atoms with E-state index in [1.54, 1.807) is 0 Å². The van der Waals surface area contributed by atoms with Crippen molar-refractivity contribution in [3.63, 3.8) is 0 Å². The second kappa shape index (κ2) is 7.31. The molecule has 0 amide bonds. The van der Waals surface area contributed by atoms with Crippen molar-refractivity contribution < 1.29 is 13.2 Å². The summed E-state index contributed by atoms with van der Waals surface area (Å²) in [6.07, 6.45) is 1.93. The molecule has 0 aliphatic carbocycles. The number of carbonyl (C=O) groups is 1. The topological polar surface area (TPSA) is 51.2 Å². The lowest BCUT2D eigenvalue weighted by Crippen LogP contribution is -2.07. The first-order valence-corrected chi connectivity index (χ1v) is 9.28. The van der Waals surface area contributed by atoms with Crippen LogP contribution in [0.2, 0.25) is 0 Å². The molecule has 0 aromatic heterocycles. The van der Waals surface area contributed by atoms with E-state index in [4.69, 9.17) is 0 Å². The van der Waals surface area contributed by atoms with Gasteiger partial charge in [-0.05, 0) is 24.6 Å². The van der Waals surface area contributed by atoms with E-state index in [1.165, 1.54) is 18.0 Å². The molecule has 100 valence electrons. The highest BCUT2D eigenvalue weighted by atomic mass is 79.9. The summed E-state index contributed by atoms with van der Waals surface area (Å²) in [5, 5.41) is 0. The smallest absolute Gasteiger partial charge is 0.147 e. The van der Waals surface area contributed by atoms with Crippen LogP contribution in [0.1, 0.15) is 12.8 Å². The molecule has 0 N–H and O–H groups in total. The van der Waals surface area contributed by atoms with E-state index in [0.29, 0.717) is 18.6 Å². The molecule has 18 heavy (non-hydrogen) atoms. The molecule has 6 heteroatoms. The summed E-state index contributed by atoms with van der Waals surface area (Å²) in [5.41, 5.74) is 0. The second-order valence-electron chi connectivity index (χ2n) is 4.02. The summed E-state index contributed by atoms with van der Waals surface area (Å²) in [6, 6.07) is 7.74. The molecule has 1 aromatic carbocycles. The van der Waals surface area contributed by atoms with Crippen molar-refractivity contribution in [3.8, 4) is 0 Å². The van der Waals surface area contributed by atoms with Crippen LogP contribution in [0, 0.1) is 0 Å². The summed E-state index contributed by atoms with van der Waals surface area (Å²) < 4.78 is 22.8. The van der Waals surface area contributed by atoms with Crippen LogP contribution >= 0.6 is 27.7 Å². The van der Waals surface area contributed by atoms with Crippen molar-refractivity contribution in [2.45, 2.75) is 17.7 Å². The van der Waals surface area contributed by atoms with Crippen LogP contribution in [-0.4, -0.2) is 32.0 Å². The predicted molar refractivity (Wildman–Crippen MR) is 78.8 cm³/mol. The highest BCUT2D eigenvalue weighted by molar-refractivity contribution is 9.10. The van der Waals surface area contributed by atoms with Crippen molar-refractivity contribution in [3.05, 3.63) is 28.7 Å². The Hall–Kier alpha value is -0.330. The minimum absolute atomic E-state index is 0.0836. The lowest BCUT2D eigenvalue weighted by atomic mass is 10.2. The molecule has 0 atom stereocenters. The van der Waals surface area contributed by atoms with Gasteiger partial charge in [0.15, 0.2) is 0 Å². The number of ketones is 1. The number of hydrogen-bond donors (Lipinski definition) is 0. The van der Waals surface area contributed by atoms with Crippen molar-refractivity contribution in [2.24, 2.45) is 0 Å². The van der Waals surface area contributed by atoms with E-state index in [-0.39, 0.29) is 11.5 Å². The number of hydrogen-bond acceptors (Lipinski definition) is 4. The summed E-state index contributed by atoms with van der Waals surface area (Å²) in [5.74, 6) is 0.559. The Morgan fingerprint density at radius 2 is 2.11 bits per heavy atom. The van der Waals surface area contributed by atoms with Crippen LogP contribution in [0.5, 0.6) is 0 Å². The summed E-state index contributed by atoms with van der Waals surface area (Å²) >= 11 is 4.84. The average molecular weight is 351 g/mol. The molecule has 0 unspecified atom stereocenters. The molecule has 0 saturated carbocycles. The summed E-state index contributed by atoms with van der Waals surface area (Å²) in [4.78, 5) is 12.6. The van der Waals surface area contributed by atoms with Crippen molar-refractivity contribution in [1.82, 2.24) is 0 Å². The van der Waals surface area contributed by atoms with Gasteiger partial charge < -0.3 is 0 Å². The Balaban J connectivity index is 2.29. The summed E-state index contributed by atoms with van der Waals surface area (Å²) in [6.45, 7) is 0. The van der Waals surface area contributed by atoms with Gasteiger partial charge in [0.05, 0.1) is 11.5 Å². The molecule has 3 nitrogen and oxygen atoms in total. The largest absolute Gasteiger partial charge is 0.299 e. The normalized spacial score (nSPS) is 11.4. The minimum atomic E-state index is -2.96. The van der Waals surface area contributed by atoms with Gasteiger partial charge in [-0.1, -0.05) is 22.0 Å². The quantitative estimate of drug-likeness (QED) is 0.709. The first-order chi connectivity index (χ1) is 8.37. The highest BCUT2D eigenvalue weighted by Gasteiger charge is 2.07. The van der Waals surface area contributed by atoms with E-state index >= 15 is 0 Å². The number of benzene rings is 1. The Labute approximate surface area is 120 Å². The SMILES string of the molecule is CS(=O)(=O)CCCC(=O)CSc1cccc(Br)c1. The van der Waals surface area contributed by atoms with Crippen LogP contribution < -0.4 is 0 Å². The van der Waals surface area contributed by atoms with E-state index in [2.05, 4.69) is 15.9 Å². The van der Waals surface area contributed by atoms with Gasteiger partial charge in [-0.25, -0.2) is 8.42 Å². The van der Waals surface area contributed by atoms with Crippen molar-refractivity contribution >= 4 is 43.3 Å². The van der Waals surface area contributed by atoms with E-state index in [0.717, 1.165) is 9.37 Å². The zero-order valence-electron chi connectivity index (χ0n) is 10.1. The molecule has 1 rings (SSSR count). The number of rotatable bonds is 7. The fraction of sp³-hybridized carbons (Fsp3) is 0.417. The number of sulfone groups is 1. The Kier molecular flexibility index (Phi) is 6.38. The number of halogens is 1. The molecule has 0 fully saturated rings. The first-order valence-electron chi connectivity index (χ1n) is 5.44. The average Bonchev–Trinajstić information content (AvgIpc) is 2.25. The third kappa shape index (κ3) is 7.18. The van der Waals surface area contributed by atoms with Gasteiger partial charge in [0.25, 0.3) is 0 Å². The van der Waals surface area contributed by atoms with Gasteiger partial charge in [0.2, 0.25) is 0 Å². The molecule has 0 bridgehead atoms. The van der Waals surface area contributed by atoms with Crippen LogP contribution in [0.15, 0.2) is 33.6 Å². The molecule has 0 heterocycles. The Bertz CT molecular complexity index is 512. The molecule has 1 aromatic rings. The maximum Gasteiger partial charge on any atom is 0.147 e. The zero-order chi connectivity index (χ0) is 13.6. The highest BCUT2D eigenvalue weighted by Crippen LogP contribution is 2.22. The van der Waals surface area contributed by atoms with Crippen LogP contribution in [0.3, 0.4) is 0 Å². The molecule has 0 aliphatic rings. The molecule has 0 spiro atoms.